The molecular weight excluding hydrogens is 845 g/mol. The van der Waals surface area contributed by atoms with Gasteiger partial charge in [-0.25, -0.2) is 0 Å². The maximum absolute atomic E-state index is 2.63. The Balaban J connectivity index is 0.875. The van der Waals surface area contributed by atoms with Gasteiger partial charge in [-0.05, 0) is 140 Å². The van der Waals surface area contributed by atoms with Crippen LogP contribution in [0.4, 0.5) is 11.4 Å². The van der Waals surface area contributed by atoms with Crippen molar-refractivity contribution in [1.82, 2.24) is 4.57 Å². The molecule has 70 heavy (non-hydrogen) atoms. The predicted molar refractivity (Wildman–Crippen MR) is 294 cm³/mol. The van der Waals surface area contributed by atoms with Crippen molar-refractivity contribution in [2.45, 2.75) is 44.1 Å². The average molecular weight is 899 g/mol. The SMILES string of the molecule is CC1(C)c2ccccc2-c2cc(N(c3ccccc3-c3cccc(-c4ccc5c(c4)c4ccccc4n5C4=CC(C5C6C=CC=C[C@H]65)=CC(c5ccccc5)C4)c3)C3CC=Cc4ccccc43)ccc21. The Morgan fingerprint density at radius 2 is 1.27 bits per heavy atom. The lowest BCUT2D eigenvalue weighted by Crippen LogP contribution is -2.26. The van der Waals surface area contributed by atoms with Gasteiger partial charge >= 0.3 is 0 Å². The number of benzene rings is 8. The lowest BCUT2D eigenvalue weighted by Gasteiger charge is -2.37. The van der Waals surface area contributed by atoms with Gasteiger partial charge in [0, 0.05) is 44.7 Å². The van der Waals surface area contributed by atoms with Gasteiger partial charge in [-0.1, -0.05) is 202 Å². The summed E-state index contributed by atoms with van der Waals surface area (Å²) in [5, 5.41) is 2.58. The minimum absolute atomic E-state index is 0.0595. The van der Waals surface area contributed by atoms with E-state index in [-0.39, 0.29) is 11.5 Å². The molecule has 0 radical (unpaired) electrons. The van der Waals surface area contributed by atoms with E-state index in [2.05, 4.69) is 260 Å². The fourth-order valence-corrected chi connectivity index (χ4v) is 13.0. The molecule has 4 unspecified atom stereocenters. The van der Waals surface area contributed by atoms with Crippen molar-refractivity contribution in [3.05, 3.63) is 264 Å². The van der Waals surface area contributed by atoms with Crippen molar-refractivity contribution in [3.8, 4) is 33.4 Å². The zero-order valence-corrected chi connectivity index (χ0v) is 39.7. The Bertz CT molecular complexity index is 3720. The zero-order valence-electron chi connectivity index (χ0n) is 39.7. The largest absolute Gasteiger partial charge is 0.333 e. The number of hydrogen-bond donors (Lipinski definition) is 0. The highest BCUT2D eigenvalue weighted by atomic mass is 15.2. The van der Waals surface area contributed by atoms with E-state index in [9.17, 15) is 0 Å². The number of rotatable bonds is 8. The molecule has 1 heterocycles. The van der Waals surface area contributed by atoms with E-state index in [1.807, 2.05) is 0 Å². The first-order valence-electron chi connectivity index (χ1n) is 25.3. The van der Waals surface area contributed by atoms with Gasteiger partial charge in [-0.15, -0.1) is 0 Å². The molecule has 5 aliphatic rings. The second-order valence-electron chi connectivity index (χ2n) is 20.7. The van der Waals surface area contributed by atoms with E-state index in [0.29, 0.717) is 23.7 Å². The summed E-state index contributed by atoms with van der Waals surface area (Å²) in [7, 11) is 0. The maximum Gasteiger partial charge on any atom is 0.0632 e. The molecule has 5 aliphatic carbocycles. The van der Waals surface area contributed by atoms with E-state index in [1.165, 1.54) is 106 Å². The highest BCUT2D eigenvalue weighted by Crippen LogP contribution is 2.57. The average Bonchev–Trinajstić information content (AvgIpc) is 4.00. The molecular formula is C68H54N2. The van der Waals surface area contributed by atoms with Crippen LogP contribution in [0.1, 0.15) is 66.5 Å². The van der Waals surface area contributed by atoms with Crippen LogP contribution in [0.15, 0.2) is 236 Å². The van der Waals surface area contributed by atoms with E-state index in [4.69, 9.17) is 0 Å². The van der Waals surface area contributed by atoms with Crippen LogP contribution in [0, 0.1) is 17.8 Å². The monoisotopic (exact) mass is 898 g/mol. The molecule has 2 nitrogen and oxygen atoms in total. The zero-order chi connectivity index (χ0) is 46.5. The Labute approximate surface area is 411 Å². The number of hydrogen-bond acceptors (Lipinski definition) is 1. The predicted octanol–water partition coefficient (Wildman–Crippen LogP) is 17.7. The number of nitrogens with zero attached hydrogens (tertiary/aromatic N) is 2. The Morgan fingerprint density at radius 1 is 0.557 bits per heavy atom. The second kappa shape index (κ2) is 16.1. The molecule has 1 aromatic heterocycles. The number of allylic oxidation sites excluding steroid dienone is 8. The number of anilines is 2. The molecule has 8 aromatic carbocycles. The topological polar surface area (TPSA) is 8.17 Å². The van der Waals surface area contributed by atoms with Crippen LogP contribution >= 0.6 is 0 Å². The van der Waals surface area contributed by atoms with Gasteiger partial charge in [0.2, 0.25) is 0 Å². The first-order valence-corrected chi connectivity index (χ1v) is 25.3. The minimum Gasteiger partial charge on any atom is -0.333 e. The Morgan fingerprint density at radius 3 is 2.16 bits per heavy atom. The summed E-state index contributed by atoms with van der Waals surface area (Å²) in [4.78, 5) is 2.63. The highest BCUT2D eigenvalue weighted by Gasteiger charge is 2.49. The van der Waals surface area contributed by atoms with E-state index >= 15 is 0 Å². The van der Waals surface area contributed by atoms with Gasteiger partial charge in [0.15, 0.2) is 0 Å². The van der Waals surface area contributed by atoms with Gasteiger partial charge < -0.3 is 9.47 Å². The molecule has 1 fully saturated rings. The molecule has 0 amide bonds. The van der Waals surface area contributed by atoms with Crippen LogP contribution in [-0.2, 0) is 5.41 Å². The molecule has 0 aliphatic heterocycles. The fourth-order valence-electron chi connectivity index (χ4n) is 13.0. The van der Waals surface area contributed by atoms with E-state index in [0.717, 1.165) is 12.8 Å². The summed E-state index contributed by atoms with van der Waals surface area (Å²) in [6.45, 7) is 4.74. The van der Waals surface area contributed by atoms with Crippen LogP contribution in [-0.4, -0.2) is 4.57 Å². The van der Waals surface area contributed by atoms with Gasteiger partial charge in [0.05, 0.1) is 17.1 Å². The standard InChI is InChI=1S/C68H54N2/c1-68(2)61-30-13-10-26-55(61)59-43-51(35-36-62(59)68)69(64-33-17-21-45-20-6-7-24-53(45)64)63-31-14-11-25-54(63)48-23-16-22-46(38-48)47-34-37-66-60(42-47)56-27-12-15-32-65(56)70(66)52-40-49(44-18-4-3-5-19-44)39-50(41-52)67-57-28-8-9-29-58(57)67/h3-32,34-39,41-43,49,57-58,64,67H,33,40H2,1-2H3/t49?,57-,58?,64?,67?/m1/s1. The molecule has 5 atom stereocenters. The third kappa shape index (κ3) is 6.53. The molecule has 1 saturated carbocycles. The lowest BCUT2D eigenvalue weighted by molar-refractivity contribution is 0.659. The van der Waals surface area contributed by atoms with E-state index < -0.39 is 0 Å². The van der Waals surface area contributed by atoms with Crippen LogP contribution < -0.4 is 4.90 Å². The van der Waals surface area contributed by atoms with Crippen molar-refractivity contribution < 1.29 is 0 Å². The summed E-state index contributed by atoms with van der Waals surface area (Å²) < 4.78 is 2.58. The molecule has 0 spiro atoms. The fraction of sp³-hybridized carbons (Fsp3) is 0.147. The van der Waals surface area contributed by atoms with Gasteiger partial charge in [-0.2, -0.15) is 0 Å². The van der Waals surface area contributed by atoms with Crippen molar-refractivity contribution >= 4 is 45.0 Å². The summed E-state index contributed by atoms with van der Waals surface area (Å²) in [5.41, 5.74) is 22.1. The molecule has 2 heteroatoms. The summed E-state index contributed by atoms with van der Waals surface area (Å²) in [6.07, 6.45) is 21.0. The van der Waals surface area contributed by atoms with Crippen molar-refractivity contribution in [2.75, 3.05) is 4.90 Å². The molecule has 14 rings (SSSR count). The number of aromatic nitrogens is 1. The molecule has 0 bridgehead atoms. The molecule has 336 valence electrons. The summed E-state index contributed by atoms with van der Waals surface area (Å²) in [5.74, 6) is 2.05. The quantitative estimate of drug-likeness (QED) is 0.148. The first-order chi connectivity index (χ1) is 34.5. The third-order valence-electron chi connectivity index (χ3n) is 16.5. The van der Waals surface area contributed by atoms with E-state index in [1.54, 1.807) is 0 Å². The first kappa shape index (κ1) is 41.1. The van der Waals surface area contributed by atoms with Crippen molar-refractivity contribution in [3.63, 3.8) is 0 Å². The number of para-hydroxylation sites is 2. The van der Waals surface area contributed by atoms with Crippen LogP contribution in [0.5, 0.6) is 0 Å². The van der Waals surface area contributed by atoms with Crippen molar-refractivity contribution in [1.29, 1.82) is 0 Å². The Kier molecular flexibility index (Phi) is 9.43. The minimum atomic E-state index is -0.0595. The van der Waals surface area contributed by atoms with Gasteiger partial charge in [0.25, 0.3) is 0 Å². The third-order valence-corrected chi connectivity index (χ3v) is 16.5. The van der Waals surface area contributed by atoms with Crippen molar-refractivity contribution in [2.24, 2.45) is 17.8 Å². The van der Waals surface area contributed by atoms with Gasteiger partial charge in [0.1, 0.15) is 0 Å². The lowest BCUT2D eigenvalue weighted by atomic mass is 9.82. The highest BCUT2D eigenvalue weighted by molar-refractivity contribution is 6.11. The molecule has 0 N–H and O–H groups in total. The molecule has 9 aromatic rings. The van der Waals surface area contributed by atoms with Crippen LogP contribution in [0.3, 0.4) is 0 Å². The summed E-state index contributed by atoms with van der Waals surface area (Å²) in [6, 6.07) is 71.0. The van der Waals surface area contributed by atoms with Gasteiger partial charge in [-0.3, -0.25) is 0 Å². The van der Waals surface area contributed by atoms with Crippen LogP contribution in [0.25, 0.3) is 67.0 Å². The maximum atomic E-state index is 2.63. The smallest absolute Gasteiger partial charge is 0.0632 e. The second-order valence-corrected chi connectivity index (χ2v) is 20.7. The number of fused-ring (bicyclic) bond motifs is 8. The summed E-state index contributed by atoms with van der Waals surface area (Å²) >= 11 is 0. The van der Waals surface area contributed by atoms with Crippen LogP contribution in [0.2, 0.25) is 0 Å². The Hall–Kier alpha value is -7.94. The normalized spacial score (nSPS) is 21.1. The molecule has 0 saturated heterocycles.